The second-order valence-corrected chi connectivity index (χ2v) is 6.26. The van der Waals surface area contributed by atoms with Crippen molar-refractivity contribution < 1.29 is 22.8 Å². The van der Waals surface area contributed by atoms with Crippen LogP contribution in [0.2, 0.25) is 0 Å². The fourth-order valence-electron chi connectivity index (χ4n) is 2.52. The second-order valence-electron chi connectivity index (χ2n) is 6.26. The maximum absolute atomic E-state index is 12.9. The third kappa shape index (κ3) is 4.43. The van der Waals surface area contributed by atoms with Crippen molar-refractivity contribution in [3.05, 3.63) is 35.4 Å². The van der Waals surface area contributed by atoms with Crippen molar-refractivity contribution in [2.45, 2.75) is 25.6 Å². The molecular weight excluding hydrogens is 359 g/mol. The first-order valence-electron chi connectivity index (χ1n) is 7.56. The van der Waals surface area contributed by atoms with Gasteiger partial charge in [0.25, 0.3) is 0 Å². The van der Waals surface area contributed by atoms with Crippen LogP contribution >= 0.6 is 12.4 Å². The van der Waals surface area contributed by atoms with Crippen molar-refractivity contribution >= 4 is 24.2 Å². The topological polar surface area (TPSA) is 84.2 Å². The van der Waals surface area contributed by atoms with Crippen LogP contribution in [0.4, 0.5) is 13.2 Å². The summed E-state index contributed by atoms with van der Waals surface area (Å²) in [5, 5.41) is 5.57. The summed E-state index contributed by atoms with van der Waals surface area (Å²) in [6.45, 7) is 4.40. The van der Waals surface area contributed by atoms with Crippen LogP contribution in [0.3, 0.4) is 0 Å². The molecule has 5 nitrogen and oxygen atoms in total. The summed E-state index contributed by atoms with van der Waals surface area (Å²) in [5.41, 5.74) is 2.76. The van der Waals surface area contributed by atoms with E-state index in [1.54, 1.807) is 6.92 Å². The molecule has 1 heterocycles. The van der Waals surface area contributed by atoms with E-state index in [0.29, 0.717) is 13.1 Å². The molecule has 1 fully saturated rings. The van der Waals surface area contributed by atoms with Crippen LogP contribution in [0.1, 0.15) is 25.0 Å². The van der Waals surface area contributed by atoms with Crippen LogP contribution in [0.5, 0.6) is 0 Å². The molecule has 2 unspecified atom stereocenters. The third-order valence-electron chi connectivity index (χ3n) is 4.57. The number of carbonyl (C=O) groups is 2. The average Bonchev–Trinajstić information content (AvgIpc) is 2.44. The Bertz CT molecular complexity index is 650. The molecule has 0 spiro atoms. The van der Waals surface area contributed by atoms with Crippen LogP contribution in [0.15, 0.2) is 24.3 Å². The molecule has 0 radical (unpaired) electrons. The smallest absolute Gasteiger partial charge is 0.367 e. The van der Waals surface area contributed by atoms with Crippen LogP contribution in [-0.4, -0.2) is 24.9 Å². The van der Waals surface area contributed by atoms with Gasteiger partial charge in [0.05, 0.1) is 5.56 Å². The number of halogens is 4. The molecule has 9 heteroatoms. The van der Waals surface area contributed by atoms with Gasteiger partial charge in [-0.05, 0) is 43.6 Å². The van der Waals surface area contributed by atoms with Gasteiger partial charge in [0.2, 0.25) is 11.8 Å². The zero-order chi connectivity index (χ0) is 18.1. The van der Waals surface area contributed by atoms with Gasteiger partial charge in [-0.1, -0.05) is 19.1 Å². The normalized spacial score (nSPS) is 18.3. The first-order valence-corrected chi connectivity index (χ1v) is 7.56. The van der Waals surface area contributed by atoms with Crippen LogP contribution in [-0.2, 0) is 21.3 Å². The van der Waals surface area contributed by atoms with Crippen LogP contribution in [0.25, 0.3) is 0 Å². The van der Waals surface area contributed by atoms with E-state index in [2.05, 4.69) is 10.6 Å². The van der Waals surface area contributed by atoms with Gasteiger partial charge in [-0.15, -0.1) is 12.4 Å². The van der Waals surface area contributed by atoms with Crippen molar-refractivity contribution in [1.29, 1.82) is 0 Å². The van der Waals surface area contributed by atoms with E-state index in [0.717, 1.165) is 12.1 Å². The quantitative estimate of drug-likeness (QED) is 0.729. The fraction of sp³-hybridized carbons (Fsp3) is 0.500. The number of rotatable bonds is 5. The number of hydrogen-bond donors (Lipinski definition) is 3. The summed E-state index contributed by atoms with van der Waals surface area (Å²) in [6, 6.07) is 4.26. The largest absolute Gasteiger partial charge is 0.416 e. The number of amides is 2. The lowest BCUT2D eigenvalue weighted by Gasteiger charge is -2.35. The standard InChI is InChI=1S/C16H20F3N3O2.ClH/c1-9(10-7-21-8-10)13(23)22-15(2,14(20)24)11-4-3-5-12(6-11)16(17,18)19;/h3-6,9-10,21H,7-8H2,1-2H3,(H2,20,24)(H,22,23);1H. The second kappa shape index (κ2) is 7.61. The Morgan fingerprint density at radius 2 is 1.84 bits per heavy atom. The van der Waals surface area contributed by atoms with Crippen molar-refractivity contribution in [3.8, 4) is 0 Å². The monoisotopic (exact) mass is 379 g/mol. The van der Waals surface area contributed by atoms with Crippen molar-refractivity contribution in [3.63, 3.8) is 0 Å². The van der Waals surface area contributed by atoms with Gasteiger partial charge in [0.1, 0.15) is 5.54 Å². The molecule has 1 saturated heterocycles. The molecular formula is C16H21ClF3N3O2. The van der Waals surface area contributed by atoms with E-state index < -0.39 is 29.1 Å². The van der Waals surface area contributed by atoms with Gasteiger partial charge in [-0.3, -0.25) is 9.59 Å². The van der Waals surface area contributed by atoms with Gasteiger partial charge in [0, 0.05) is 5.92 Å². The molecule has 2 amide bonds. The Labute approximate surface area is 149 Å². The Morgan fingerprint density at radius 3 is 2.28 bits per heavy atom. The predicted octanol–water partition coefficient (Wildman–Crippen LogP) is 1.80. The summed E-state index contributed by atoms with van der Waals surface area (Å²) in [6.07, 6.45) is -4.55. The molecule has 140 valence electrons. The van der Waals surface area contributed by atoms with Crippen molar-refractivity contribution in [2.24, 2.45) is 17.6 Å². The number of primary amides is 1. The zero-order valence-electron chi connectivity index (χ0n) is 13.8. The molecule has 25 heavy (non-hydrogen) atoms. The maximum atomic E-state index is 12.9. The van der Waals surface area contributed by atoms with Crippen molar-refractivity contribution in [1.82, 2.24) is 10.6 Å². The number of nitrogens with one attached hydrogen (secondary N) is 2. The number of nitrogens with two attached hydrogens (primary N) is 1. The molecule has 2 atom stereocenters. The Balaban J connectivity index is 0.00000312. The van der Waals surface area contributed by atoms with Crippen LogP contribution in [0, 0.1) is 11.8 Å². The molecule has 4 N–H and O–H groups in total. The first-order chi connectivity index (χ1) is 11.1. The van der Waals surface area contributed by atoms with E-state index >= 15 is 0 Å². The van der Waals surface area contributed by atoms with E-state index in [1.807, 2.05) is 0 Å². The fourth-order valence-corrected chi connectivity index (χ4v) is 2.52. The number of alkyl halides is 3. The van der Waals surface area contributed by atoms with Gasteiger partial charge in [0.15, 0.2) is 0 Å². The number of benzene rings is 1. The van der Waals surface area contributed by atoms with Crippen LogP contribution < -0.4 is 16.4 Å². The lowest BCUT2D eigenvalue weighted by Crippen LogP contribution is -2.57. The Kier molecular flexibility index (Phi) is 6.47. The summed E-state index contributed by atoms with van der Waals surface area (Å²) in [4.78, 5) is 24.3. The predicted molar refractivity (Wildman–Crippen MR) is 88.9 cm³/mol. The maximum Gasteiger partial charge on any atom is 0.416 e. The molecule has 1 aromatic rings. The van der Waals surface area contributed by atoms with Gasteiger partial charge >= 0.3 is 6.18 Å². The lowest BCUT2D eigenvalue weighted by atomic mass is 9.85. The molecule has 1 aliphatic heterocycles. The lowest BCUT2D eigenvalue weighted by molar-refractivity contribution is -0.138. The molecule has 0 aliphatic carbocycles. The summed E-state index contributed by atoms with van der Waals surface area (Å²) in [7, 11) is 0. The molecule has 0 saturated carbocycles. The minimum absolute atomic E-state index is 0. The van der Waals surface area contributed by atoms with E-state index in [-0.39, 0.29) is 29.8 Å². The van der Waals surface area contributed by atoms with E-state index in [4.69, 9.17) is 5.73 Å². The number of hydrogen-bond acceptors (Lipinski definition) is 3. The highest BCUT2D eigenvalue weighted by Gasteiger charge is 2.40. The highest BCUT2D eigenvalue weighted by molar-refractivity contribution is 5.92. The van der Waals surface area contributed by atoms with Gasteiger partial charge < -0.3 is 16.4 Å². The molecule has 2 rings (SSSR count). The Hall–Kier alpha value is -1.80. The Morgan fingerprint density at radius 1 is 1.28 bits per heavy atom. The van der Waals surface area contributed by atoms with Gasteiger partial charge in [-0.25, -0.2) is 0 Å². The van der Waals surface area contributed by atoms with E-state index in [9.17, 15) is 22.8 Å². The highest BCUT2D eigenvalue weighted by Crippen LogP contribution is 2.32. The molecule has 0 aromatic heterocycles. The zero-order valence-corrected chi connectivity index (χ0v) is 14.6. The SMILES string of the molecule is CC(C(=O)NC(C)(C(N)=O)c1cccc(C(F)(F)F)c1)C1CNC1.Cl. The minimum atomic E-state index is -4.55. The highest BCUT2D eigenvalue weighted by atomic mass is 35.5. The molecule has 1 aliphatic rings. The van der Waals surface area contributed by atoms with Crippen molar-refractivity contribution in [2.75, 3.05) is 13.1 Å². The number of carbonyl (C=O) groups excluding carboxylic acids is 2. The average molecular weight is 380 g/mol. The summed E-state index contributed by atoms with van der Waals surface area (Å²) in [5.74, 6) is -1.59. The van der Waals surface area contributed by atoms with E-state index in [1.165, 1.54) is 19.1 Å². The molecule has 1 aromatic carbocycles. The summed E-state index contributed by atoms with van der Waals surface area (Å²) < 4.78 is 38.7. The summed E-state index contributed by atoms with van der Waals surface area (Å²) >= 11 is 0. The first kappa shape index (κ1) is 21.2. The van der Waals surface area contributed by atoms with Gasteiger partial charge in [-0.2, -0.15) is 13.2 Å². The third-order valence-corrected chi connectivity index (χ3v) is 4.57. The minimum Gasteiger partial charge on any atom is -0.367 e. The molecule has 0 bridgehead atoms.